The average Bonchev–Trinajstić information content (AvgIpc) is 2.83. The number of carbonyl (C=O) groups is 1. The van der Waals surface area contributed by atoms with E-state index in [9.17, 15) is 4.79 Å². The molecule has 0 bridgehead atoms. The minimum Gasteiger partial charge on any atom is -0.477 e. The molecule has 1 fully saturated rings. The number of carboxylic acid groups (broad SMARTS) is 1. The zero-order valence-electron chi connectivity index (χ0n) is 9.43. The maximum absolute atomic E-state index is 11.1. The molecular weight excluding hydrogens is 222 g/mol. The largest absolute Gasteiger partial charge is 0.477 e. The molecule has 88 valence electrons. The lowest BCUT2D eigenvalue weighted by atomic mass is 10.2. The van der Waals surface area contributed by atoms with Crippen molar-refractivity contribution in [2.24, 2.45) is 0 Å². The van der Waals surface area contributed by atoms with Crippen LogP contribution in [0.2, 0.25) is 0 Å². The predicted octanol–water partition coefficient (Wildman–Crippen LogP) is 3.03. The van der Waals surface area contributed by atoms with Gasteiger partial charge in [-0.2, -0.15) is 11.8 Å². The van der Waals surface area contributed by atoms with Crippen LogP contribution in [-0.2, 0) is 0 Å². The Labute approximate surface area is 99.8 Å². The Morgan fingerprint density at radius 1 is 1.62 bits per heavy atom. The number of hydrogen-bond acceptors (Lipinski definition) is 2. The molecule has 0 aromatic carbocycles. The lowest BCUT2D eigenvalue weighted by Crippen LogP contribution is -2.19. The van der Waals surface area contributed by atoms with Crippen LogP contribution in [0.25, 0.3) is 0 Å². The van der Waals surface area contributed by atoms with Crippen molar-refractivity contribution in [3.63, 3.8) is 0 Å². The van der Waals surface area contributed by atoms with E-state index in [-0.39, 0.29) is 0 Å². The van der Waals surface area contributed by atoms with Gasteiger partial charge in [0.1, 0.15) is 5.69 Å². The standard InChI is InChI=1S/C12H17NO2S/c1-2-16-11-7-3-5-9(11)13-8-4-6-10(13)12(14)15/h4,6,8-9,11H,2-3,5,7H2,1H3,(H,14,15). The fraction of sp³-hybridized carbons (Fsp3) is 0.583. The molecule has 1 aliphatic rings. The first-order valence-electron chi connectivity index (χ1n) is 5.75. The van der Waals surface area contributed by atoms with Gasteiger partial charge in [-0.15, -0.1) is 0 Å². The highest BCUT2D eigenvalue weighted by Gasteiger charge is 2.30. The molecule has 1 N–H and O–H groups in total. The fourth-order valence-electron chi connectivity index (χ4n) is 2.50. The number of thioether (sulfide) groups is 1. The van der Waals surface area contributed by atoms with E-state index >= 15 is 0 Å². The summed E-state index contributed by atoms with van der Waals surface area (Å²) in [6.45, 7) is 2.16. The van der Waals surface area contributed by atoms with E-state index in [1.54, 1.807) is 6.07 Å². The van der Waals surface area contributed by atoms with E-state index in [1.165, 1.54) is 12.8 Å². The summed E-state index contributed by atoms with van der Waals surface area (Å²) in [5, 5.41) is 9.68. The van der Waals surface area contributed by atoms with Gasteiger partial charge in [0.05, 0.1) is 0 Å². The van der Waals surface area contributed by atoms with Gasteiger partial charge < -0.3 is 9.67 Å². The molecule has 0 spiro atoms. The zero-order valence-corrected chi connectivity index (χ0v) is 10.2. The van der Waals surface area contributed by atoms with Crippen molar-refractivity contribution < 1.29 is 9.90 Å². The molecular formula is C12H17NO2S. The lowest BCUT2D eigenvalue weighted by Gasteiger charge is -2.21. The van der Waals surface area contributed by atoms with Crippen LogP contribution < -0.4 is 0 Å². The Kier molecular flexibility index (Phi) is 3.59. The summed E-state index contributed by atoms with van der Waals surface area (Å²) in [4.78, 5) is 11.1. The molecule has 2 unspecified atom stereocenters. The Bertz CT molecular complexity index is 375. The third-order valence-corrected chi connectivity index (χ3v) is 4.47. The van der Waals surface area contributed by atoms with E-state index in [0.29, 0.717) is 17.0 Å². The summed E-state index contributed by atoms with van der Waals surface area (Å²) < 4.78 is 1.95. The molecule has 0 saturated heterocycles. The molecule has 0 amide bonds. The Balaban J connectivity index is 2.22. The second-order valence-electron chi connectivity index (χ2n) is 4.10. The maximum Gasteiger partial charge on any atom is 0.352 e. The number of aromatic carboxylic acids is 1. The van der Waals surface area contributed by atoms with Gasteiger partial charge in [-0.1, -0.05) is 13.3 Å². The van der Waals surface area contributed by atoms with Crippen LogP contribution in [0.3, 0.4) is 0 Å². The van der Waals surface area contributed by atoms with Crippen molar-refractivity contribution in [1.29, 1.82) is 0 Å². The van der Waals surface area contributed by atoms with Crippen LogP contribution in [0.4, 0.5) is 0 Å². The van der Waals surface area contributed by atoms with Crippen molar-refractivity contribution in [1.82, 2.24) is 4.57 Å². The lowest BCUT2D eigenvalue weighted by molar-refractivity contribution is 0.0683. The summed E-state index contributed by atoms with van der Waals surface area (Å²) in [6, 6.07) is 3.88. The molecule has 4 heteroatoms. The molecule has 1 aromatic rings. The van der Waals surface area contributed by atoms with Gasteiger partial charge in [-0.3, -0.25) is 0 Å². The van der Waals surface area contributed by atoms with Gasteiger partial charge in [-0.25, -0.2) is 4.79 Å². The van der Waals surface area contributed by atoms with Crippen LogP contribution in [0.15, 0.2) is 18.3 Å². The van der Waals surface area contributed by atoms with Crippen LogP contribution in [0, 0.1) is 0 Å². The molecule has 3 nitrogen and oxygen atoms in total. The second-order valence-corrected chi connectivity index (χ2v) is 5.61. The summed E-state index contributed by atoms with van der Waals surface area (Å²) >= 11 is 1.95. The van der Waals surface area contributed by atoms with Crippen molar-refractivity contribution in [2.75, 3.05) is 5.75 Å². The predicted molar refractivity (Wildman–Crippen MR) is 66.2 cm³/mol. The summed E-state index contributed by atoms with van der Waals surface area (Å²) in [5.74, 6) is 0.280. The molecule has 0 aliphatic heterocycles. The van der Waals surface area contributed by atoms with Gasteiger partial charge in [0.2, 0.25) is 0 Å². The minimum absolute atomic E-state index is 0.367. The number of rotatable bonds is 4. The fourth-order valence-corrected chi connectivity index (χ4v) is 3.75. The topological polar surface area (TPSA) is 42.2 Å². The first-order chi connectivity index (χ1) is 7.74. The molecule has 2 atom stereocenters. The second kappa shape index (κ2) is 4.95. The number of carboxylic acids is 1. The molecule has 1 aliphatic carbocycles. The van der Waals surface area contributed by atoms with Gasteiger partial charge in [0.15, 0.2) is 0 Å². The van der Waals surface area contributed by atoms with Crippen molar-refractivity contribution >= 4 is 17.7 Å². The third kappa shape index (κ3) is 2.12. The molecule has 1 aromatic heterocycles. The van der Waals surface area contributed by atoms with E-state index in [1.807, 2.05) is 28.6 Å². The van der Waals surface area contributed by atoms with Crippen LogP contribution in [0.1, 0.15) is 42.7 Å². The molecule has 1 saturated carbocycles. The summed E-state index contributed by atoms with van der Waals surface area (Å²) in [7, 11) is 0. The van der Waals surface area contributed by atoms with E-state index in [0.717, 1.165) is 12.2 Å². The molecule has 1 heterocycles. The number of hydrogen-bond donors (Lipinski definition) is 1. The molecule has 0 radical (unpaired) electrons. The van der Waals surface area contributed by atoms with Gasteiger partial charge >= 0.3 is 5.97 Å². The van der Waals surface area contributed by atoms with E-state index < -0.39 is 5.97 Å². The highest BCUT2D eigenvalue weighted by Crippen LogP contribution is 2.39. The Morgan fingerprint density at radius 2 is 2.44 bits per heavy atom. The highest BCUT2D eigenvalue weighted by molar-refractivity contribution is 7.99. The third-order valence-electron chi connectivity index (χ3n) is 3.15. The van der Waals surface area contributed by atoms with Crippen LogP contribution in [0.5, 0.6) is 0 Å². The Hall–Kier alpha value is -0.900. The zero-order chi connectivity index (χ0) is 11.5. The first-order valence-corrected chi connectivity index (χ1v) is 6.80. The van der Waals surface area contributed by atoms with E-state index in [4.69, 9.17) is 5.11 Å². The normalized spacial score (nSPS) is 24.8. The van der Waals surface area contributed by atoms with Crippen LogP contribution >= 0.6 is 11.8 Å². The summed E-state index contributed by atoms with van der Waals surface area (Å²) in [5.41, 5.74) is 0.425. The van der Waals surface area contributed by atoms with Gasteiger partial charge in [-0.05, 0) is 30.7 Å². The smallest absolute Gasteiger partial charge is 0.352 e. The quantitative estimate of drug-likeness (QED) is 0.878. The van der Waals surface area contributed by atoms with Gasteiger partial charge in [0.25, 0.3) is 0 Å². The van der Waals surface area contributed by atoms with Crippen molar-refractivity contribution in [2.45, 2.75) is 37.5 Å². The first kappa shape index (κ1) is 11.6. The van der Waals surface area contributed by atoms with E-state index in [2.05, 4.69) is 6.92 Å². The molecule has 2 rings (SSSR count). The van der Waals surface area contributed by atoms with Gasteiger partial charge in [0, 0.05) is 17.5 Å². The highest BCUT2D eigenvalue weighted by atomic mass is 32.2. The average molecular weight is 239 g/mol. The minimum atomic E-state index is -0.822. The summed E-state index contributed by atoms with van der Waals surface area (Å²) in [6.07, 6.45) is 5.43. The van der Waals surface area contributed by atoms with Crippen molar-refractivity contribution in [3.05, 3.63) is 24.0 Å². The number of aromatic nitrogens is 1. The number of nitrogens with zero attached hydrogens (tertiary/aromatic N) is 1. The Morgan fingerprint density at radius 3 is 3.12 bits per heavy atom. The SMILES string of the molecule is CCSC1CCCC1n1cccc1C(=O)O. The maximum atomic E-state index is 11.1. The monoisotopic (exact) mass is 239 g/mol. The van der Waals surface area contributed by atoms with Crippen LogP contribution in [-0.4, -0.2) is 26.6 Å². The van der Waals surface area contributed by atoms with Crippen molar-refractivity contribution in [3.8, 4) is 0 Å². The molecule has 16 heavy (non-hydrogen) atoms.